The van der Waals surface area contributed by atoms with Crippen molar-refractivity contribution in [1.82, 2.24) is 5.43 Å². The van der Waals surface area contributed by atoms with E-state index in [4.69, 9.17) is 5.84 Å². The second-order valence-corrected chi connectivity index (χ2v) is 5.41. The fourth-order valence-corrected chi connectivity index (χ4v) is 2.46. The number of nitrogens with one attached hydrogen (secondary N) is 1. The Morgan fingerprint density at radius 3 is 2.53 bits per heavy atom. The van der Waals surface area contributed by atoms with Crippen LogP contribution in [-0.4, -0.2) is 6.04 Å². The van der Waals surface area contributed by atoms with E-state index < -0.39 is 0 Å². The molecule has 1 atom stereocenters. The van der Waals surface area contributed by atoms with Crippen LogP contribution in [0, 0.1) is 5.82 Å². The molecule has 1 unspecified atom stereocenters. The van der Waals surface area contributed by atoms with E-state index in [1.807, 2.05) is 30.3 Å². The maximum absolute atomic E-state index is 13.7. The van der Waals surface area contributed by atoms with Gasteiger partial charge in [0.15, 0.2) is 0 Å². The van der Waals surface area contributed by atoms with Gasteiger partial charge in [0.05, 0.1) is 0 Å². The van der Waals surface area contributed by atoms with Crippen LogP contribution in [0.1, 0.15) is 11.1 Å². The third-order valence-corrected chi connectivity index (χ3v) is 3.53. The van der Waals surface area contributed by atoms with Crippen LogP contribution < -0.4 is 11.3 Å². The Hall–Kier alpha value is -1.23. The lowest BCUT2D eigenvalue weighted by atomic mass is 9.99. The number of hydrogen-bond donors (Lipinski definition) is 2. The van der Waals surface area contributed by atoms with Crippen LogP contribution >= 0.6 is 15.9 Å². The Balaban J connectivity index is 2.09. The molecule has 0 aromatic heterocycles. The molecule has 0 amide bonds. The molecule has 0 aliphatic heterocycles. The maximum atomic E-state index is 13.7. The molecule has 0 saturated heterocycles. The second-order valence-electron chi connectivity index (χ2n) is 4.49. The lowest BCUT2D eigenvalue weighted by molar-refractivity contribution is 0.506. The Morgan fingerprint density at radius 1 is 1.11 bits per heavy atom. The fraction of sp³-hybridized carbons (Fsp3) is 0.200. The highest BCUT2D eigenvalue weighted by Gasteiger charge is 2.12. The smallest absolute Gasteiger partial charge is 0.126 e. The van der Waals surface area contributed by atoms with Gasteiger partial charge in [-0.25, -0.2) is 4.39 Å². The molecular formula is C15H16BrFN2. The summed E-state index contributed by atoms with van der Waals surface area (Å²) in [5, 5.41) is 0. The molecule has 100 valence electrons. The summed E-state index contributed by atoms with van der Waals surface area (Å²) in [4.78, 5) is 0. The molecule has 0 saturated carbocycles. The first-order valence-corrected chi connectivity index (χ1v) is 6.92. The zero-order chi connectivity index (χ0) is 13.7. The monoisotopic (exact) mass is 322 g/mol. The summed E-state index contributed by atoms with van der Waals surface area (Å²) in [7, 11) is 0. The van der Waals surface area contributed by atoms with Crippen molar-refractivity contribution in [2.45, 2.75) is 18.9 Å². The molecule has 0 aliphatic rings. The molecule has 0 bridgehead atoms. The minimum absolute atomic E-state index is 0.00574. The van der Waals surface area contributed by atoms with Crippen LogP contribution in [0.4, 0.5) is 4.39 Å². The molecule has 0 aliphatic carbocycles. The Kier molecular flexibility index (Phi) is 5.07. The van der Waals surface area contributed by atoms with Gasteiger partial charge in [0.2, 0.25) is 0 Å². The summed E-state index contributed by atoms with van der Waals surface area (Å²) in [5.74, 6) is 5.37. The quantitative estimate of drug-likeness (QED) is 0.655. The van der Waals surface area contributed by atoms with Crippen LogP contribution in [0.15, 0.2) is 53.0 Å². The molecule has 0 radical (unpaired) electrons. The Labute approximate surface area is 120 Å². The summed E-state index contributed by atoms with van der Waals surface area (Å²) in [5.41, 5.74) is 4.61. The highest BCUT2D eigenvalue weighted by atomic mass is 79.9. The first-order chi connectivity index (χ1) is 9.19. The van der Waals surface area contributed by atoms with Gasteiger partial charge in [-0.2, -0.15) is 0 Å². The molecule has 0 fully saturated rings. The molecule has 0 spiro atoms. The third-order valence-electron chi connectivity index (χ3n) is 3.03. The van der Waals surface area contributed by atoms with Crippen molar-refractivity contribution in [3.63, 3.8) is 0 Å². The van der Waals surface area contributed by atoms with E-state index >= 15 is 0 Å². The van der Waals surface area contributed by atoms with Gasteiger partial charge in [0.25, 0.3) is 0 Å². The predicted octanol–water partition coefficient (Wildman–Crippen LogP) is 3.21. The fourth-order valence-electron chi connectivity index (χ4n) is 2.05. The number of benzene rings is 2. The van der Waals surface area contributed by atoms with Gasteiger partial charge < -0.3 is 0 Å². The van der Waals surface area contributed by atoms with Crippen molar-refractivity contribution in [2.75, 3.05) is 0 Å². The summed E-state index contributed by atoms with van der Waals surface area (Å²) in [6.45, 7) is 0. The van der Waals surface area contributed by atoms with E-state index in [0.29, 0.717) is 12.0 Å². The number of hydrogen-bond acceptors (Lipinski definition) is 2. The summed E-state index contributed by atoms with van der Waals surface area (Å²) in [6, 6.07) is 15.0. The summed E-state index contributed by atoms with van der Waals surface area (Å²) < 4.78 is 14.6. The van der Waals surface area contributed by atoms with E-state index in [0.717, 1.165) is 10.9 Å². The van der Waals surface area contributed by atoms with Crippen molar-refractivity contribution in [1.29, 1.82) is 0 Å². The highest BCUT2D eigenvalue weighted by molar-refractivity contribution is 9.10. The summed E-state index contributed by atoms with van der Waals surface area (Å²) in [6.07, 6.45) is 1.32. The standard InChI is InChI=1S/C15H16BrFN2/c16-13-6-7-15(17)12(9-13)10-14(19-18)8-11-4-2-1-3-5-11/h1-7,9,14,19H,8,10,18H2. The van der Waals surface area contributed by atoms with Crippen LogP contribution in [0.2, 0.25) is 0 Å². The largest absolute Gasteiger partial charge is 0.271 e. The topological polar surface area (TPSA) is 38.0 Å². The zero-order valence-electron chi connectivity index (χ0n) is 10.4. The summed E-state index contributed by atoms with van der Waals surface area (Å²) >= 11 is 3.36. The van der Waals surface area contributed by atoms with Crippen LogP contribution in [0.3, 0.4) is 0 Å². The van der Waals surface area contributed by atoms with Crippen molar-refractivity contribution in [3.05, 3.63) is 69.9 Å². The molecule has 2 rings (SSSR count). The van der Waals surface area contributed by atoms with E-state index in [9.17, 15) is 4.39 Å². The molecule has 2 nitrogen and oxygen atoms in total. The second kappa shape index (κ2) is 6.80. The van der Waals surface area contributed by atoms with Crippen LogP contribution in [0.25, 0.3) is 0 Å². The average Bonchev–Trinajstić information content (AvgIpc) is 2.43. The number of hydrazine groups is 1. The lowest BCUT2D eigenvalue weighted by Gasteiger charge is -2.16. The van der Waals surface area contributed by atoms with E-state index in [1.165, 1.54) is 11.6 Å². The van der Waals surface area contributed by atoms with Crippen LogP contribution in [-0.2, 0) is 12.8 Å². The van der Waals surface area contributed by atoms with E-state index in [-0.39, 0.29) is 11.9 Å². The molecule has 4 heteroatoms. The maximum Gasteiger partial charge on any atom is 0.126 e. The van der Waals surface area contributed by atoms with Gasteiger partial charge in [0.1, 0.15) is 5.82 Å². The first-order valence-electron chi connectivity index (χ1n) is 6.13. The van der Waals surface area contributed by atoms with Gasteiger partial charge in [-0.05, 0) is 42.2 Å². The van der Waals surface area contributed by atoms with E-state index in [2.05, 4.69) is 21.4 Å². The first kappa shape index (κ1) is 14.2. The highest BCUT2D eigenvalue weighted by Crippen LogP contribution is 2.18. The lowest BCUT2D eigenvalue weighted by Crippen LogP contribution is -2.38. The Bertz CT molecular complexity index is 531. The SMILES string of the molecule is NNC(Cc1ccccc1)Cc1cc(Br)ccc1F. The van der Waals surface area contributed by atoms with Gasteiger partial charge in [-0.15, -0.1) is 0 Å². The van der Waals surface area contributed by atoms with E-state index in [1.54, 1.807) is 12.1 Å². The minimum atomic E-state index is -0.198. The molecule has 2 aromatic rings. The molecule has 19 heavy (non-hydrogen) atoms. The van der Waals surface area contributed by atoms with Gasteiger partial charge in [-0.1, -0.05) is 46.3 Å². The van der Waals surface area contributed by atoms with Gasteiger partial charge >= 0.3 is 0 Å². The van der Waals surface area contributed by atoms with Crippen molar-refractivity contribution in [3.8, 4) is 0 Å². The number of halogens is 2. The van der Waals surface area contributed by atoms with Crippen molar-refractivity contribution >= 4 is 15.9 Å². The minimum Gasteiger partial charge on any atom is -0.271 e. The third kappa shape index (κ3) is 4.13. The van der Waals surface area contributed by atoms with Gasteiger partial charge in [-0.3, -0.25) is 11.3 Å². The van der Waals surface area contributed by atoms with Gasteiger partial charge in [0, 0.05) is 10.5 Å². The number of nitrogens with two attached hydrogens (primary N) is 1. The molecule has 0 heterocycles. The predicted molar refractivity (Wildman–Crippen MR) is 79.1 cm³/mol. The van der Waals surface area contributed by atoms with Crippen molar-refractivity contribution in [2.24, 2.45) is 5.84 Å². The normalized spacial score (nSPS) is 12.4. The molecule has 3 N–H and O–H groups in total. The Morgan fingerprint density at radius 2 is 1.84 bits per heavy atom. The zero-order valence-corrected chi connectivity index (χ0v) is 12.0. The molecular weight excluding hydrogens is 307 g/mol. The number of rotatable bonds is 5. The average molecular weight is 323 g/mol. The van der Waals surface area contributed by atoms with Crippen molar-refractivity contribution < 1.29 is 4.39 Å². The van der Waals surface area contributed by atoms with Crippen LogP contribution in [0.5, 0.6) is 0 Å². The molecule has 2 aromatic carbocycles.